The molecule has 0 aromatic heterocycles. The van der Waals surface area contributed by atoms with E-state index in [-0.39, 0.29) is 11.6 Å². The van der Waals surface area contributed by atoms with Crippen LogP contribution >= 0.6 is 0 Å². The van der Waals surface area contributed by atoms with E-state index in [1.165, 1.54) is 37.8 Å². The lowest BCUT2D eigenvalue weighted by Gasteiger charge is -2.15. The van der Waals surface area contributed by atoms with Crippen LogP contribution in [0.4, 0.5) is 8.78 Å². The van der Waals surface area contributed by atoms with Crippen LogP contribution in [0.1, 0.15) is 31.2 Å². The van der Waals surface area contributed by atoms with Crippen LogP contribution in [0, 0.1) is 23.0 Å². The first-order valence-electron chi connectivity index (χ1n) is 6.34. The third-order valence-corrected chi connectivity index (χ3v) is 4.14. The predicted molar refractivity (Wildman–Crippen MR) is 62.5 cm³/mol. The first kappa shape index (κ1) is 11.1. The van der Waals surface area contributed by atoms with Crippen molar-refractivity contribution in [2.24, 2.45) is 11.3 Å². The third kappa shape index (κ3) is 2.34. The SMILES string of the molecule is Fc1ccc(F)c(CNCC2(C3CC3)CC2)c1. The van der Waals surface area contributed by atoms with Crippen molar-refractivity contribution in [3.8, 4) is 0 Å². The van der Waals surface area contributed by atoms with Gasteiger partial charge in [-0.05, 0) is 55.2 Å². The molecular weight excluding hydrogens is 220 g/mol. The average molecular weight is 237 g/mol. The minimum absolute atomic E-state index is 0.324. The molecule has 0 unspecified atom stereocenters. The van der Waals surface area contributed by atoms with Gasteiger partial charge in [0.25, 0.3) is 0 Å². The molecule has 2 saturated carbocycles. The van der Waals surface area contributed by atoms with Gasteiger partial charge in [0.05, 0.1) is 0 Å². The van der Waals surface area contributed by atoms with Crippen LogP contribution in [0.2, 0.25) is 0 Å². The smallest absolute Gasteiger partial charge is 0.127 e. The molecule has 3 rings (SSSR count). The van der Waals surface area contributed by atoms with Gasteiger partial charge in [-0.25, -0.2) is 8.78 Å². The zero-order chi connectivity index (χ0) is 11.9. The molecule has 0 aliphatic heterocycles. The van der Waals surface area contributed by atoms with Crippen molar-refractivity contribution in [3.05, 3.63) is 35.4 Å². The maximum Gasteiger partial charge on any atom is 0.127 e. The summed E-state index contributed by atoms with van der Waals surface area (Å²) in [4.78, 5) is 0. The topological polar surface area (TPSA) is 12.0 Å². The Morgan fingerprint density at radius 2 is 2.00 bits per heavy atom. The molecule has 0 amide bonds. The molecule has 0 spiro atoms. The summed E-state index contributed by atoms with van der Waals surface area (Å²) >= 11 is 0. The quantitative estimate of drug-likeness (QED) is 0.829. The standard InChI is InChI=1S/C14H17F2N/c15-12-3-4-13(16)10(7-12)8-17-9-14(5-6-14)11-1-2-11/h3-4,7,11,17H,1-2,5-6,8-9H2. The number of rotatable bonds is 5. The molecule has 0 atom stereocenters. The molecule has 0 heterocycles. The van der Waals surface area contributed by atoms with E-state index < -0.39 is 0 Å². The highest BCUT2D eigenvalue weighted by Gasteiger charge is 2.53. The molecule has 17 heavy (non-hydrogen) atoms. The van der Waals surface area contributed by atoms with Crippen molar-refractivity contribution >= 4 is 0 Å². The zero-order valence-corrected chi connectivity index (χ0v) is 9.81. The number of halogens is 2. The van der Waals surface area contributed by atoms with Gasteiger partial charge in [0.15, 0.2) is 0 Å². The van der Waals surface area contributed by atoms with Crippen LogP contribution in [0.5, 0.6) is 0 Å². The monoisotopic (exact) mass is 237 g/mol. The Morgan fingerprint density at radius 3 is 2.65 bits per heavy atom. The maximum atomic E-state index is 13.4. The van der Waals surface area contributed by atoms with E-state index in [0.717, 1.165) is 18.5 Å². The molecule has 1 aromatic rings. The second-order valence-corrected chi connectivity index (χ2v) is 5.48. The lowest BCUT2D eigenvalue weighted by atomic mass is 10.0. The van der Waals surface area contributed by atoms with Crippen molar-refractivity contribution < 1.29 is 8.78 Å². The fraction of sp³-hybridized carbons (Fsp3) is 0.571. The van der Waals surface area contributed by atoms with Crippen molar-refractivity contribution in [3.63, 3.8) is 0 Å². The van der Waals surface area contributed by atoms with Crippen LogP contribution in [-0.2, 0) is 6.54 Å². The predicted octanol–water partition coefficient (Wildman–Crippen LogP) is 3.24. The summed E-state index contributed by atoms with van der Waals surface area (Å²) in [6.07, 6.45) is 5.32. The van der Waals surface area contributed by atoms with Crippen LogP contribution in [0.25, 0.3) is 0 Å². The number of hydrogen-bond acceptors (Lipinski definition) is 1. The number of nitrogens with one attached hydrogen (secondary N) is 1. The first-order chi connectivity index (χ1) is 8.20. The molecule has 2 aliphatic rings. The van der Waals surface area contributed by atoms with Crippen LogP contribution in [-0.4, -0.2) is 6.54 Å². The Bertz CT molecular complexity index is 422. The molecule has 2 aliphatic carbocycles. The van der Waals surface area contributed by atoms with Gasteiger partial charge in [0.1, 0.15) is 11.6 Å². The van der Waals surface area contributed by atoms with E-state index in [4.69, 9.17) is 0 Å². The van der Waals surface area contributed by atoms with Gasteiger partial charge in [0.2, 0.25) is 0 Å². The van der Waals surface area contributed by atoms with Gasteiger partial charge < -0.3 is 5.32 Å². The normalized spacial score (nSPS) is 21.5. The zero-order valence-electron chi connectivity index (χ0n) is 9.81. The van der Waals surface area contributed by atoms with Gasteiger partial charge in [0, 0.05) is 18.7 Å². The Kier molecular flexibility index (Phi) is 2.66. The molecule has 1 nitrogen and oxygen atoms in total. The van der Waals surface area contributed by atoms with Crippen molar-refractivity contribution in [2.75, 3.05) is 6.54 Å². The van der Waals surface area contributed by atoms with Crippen LogP contribution in [0.15, 0.2) is 18.2 Å². The maximum absolute atomic E-state index is 13.4. The summed E-state index contributed by atoms with van der Waals surface area (Å²) in [5.41, 5.74) is 0.931. The van der Waals surface area contributed by atoms with E-state index in [2.05, 4.69) is 5.32 Å². The summed E-state index contributed by atoms with van der Waals surface area (Å²) < 4.78 is 26.3. The summed E-state index contributed by atoms with van der Waals surface area (Å²) in [6.45, 7) is 1.38. The fourth-order valence-corrected chi connectivity index (χ4v) is 2.71. The molecule has 1 N–H and O–H groups in total. The van der Waals surface area contributed by atoms with E-state index in [0.29, 0.717) is 17.5 Å². The highest BCUT2D eigenvalue weighted by Crippen LogP contribution is 2.60. The van der Waals surface area contributed by atoms with Crippen molar-refractivity contribution in [1.82, 2.24) is 5.32 Å². The summed E-state index contributed by atoms with van der Waals surface area (Å²) in [7, 11) is 0. The molecule has 0 saturated heterocycles. The van der Waals surface area contributed by atoms with Crippen LogP contribution < -0.4 is 5.32 Å². The van der Waals surface area contributed by atoms with Crippen LogP contribution in [0.3, 0.4) is 0 Å². The lowest BCUT2D eigenvalue weighted by molar-refractivity contribution is 0.401. The minimum Gasteiger partial charge on any atom is -0.312 e. The molecular formula is C14H17F2N. The highest BCUT2D eigenvalue weighted by atomic mass is 19.1. The second kappa shape index (κ2) is 4.05. The van der Waals surface area contributed by atoms with E-state index >= 15 is 0 Å². The van der Waals surface area contributed by atoms with Gasteiger partial charge >= 0.3 is 0 Å². The largest absolute Gasteiger partial charge is 0.312 e. The average Bonchev–Trinajstić information content (AvgIpc) is 3.14. The third-order valence-electron chi connectivity index (χ3n) is 4.14. The van der Waals surface area contributed by atoms with Gasteiger partial charge in [-0.1, -0.05) is 0 Å². The Hall–Kier alpha value is -0.960. The summed E-state index contributed by atoms with van der Waals surface area (Å²) in [5, 5.41) is 3.29. The van der Waals surface area contributed by atoms with Crippen molar-refractivity contribution in [1.29, 1.82) is 0 Å². The van der Waals surface area contributed by atoms with E-state index in [1.54, 1.807) is 0 Å². The van der Waals surface area contributed by atoms with Gasteiger partial charge in [-0.3, -0.25) is 0 Å². The number of benzene rings is 1. The second-order valence-electron chi connectivity index (χ2n) is 5.48. The first-order valence-corrected chi connectivity index (χ1v) is 6.34. The summed E-state index contributed by atoms with van der Waals surface area (Å²) in [5.74, 6) is 0.203. The minimum atomic E-state index is -0.369. The number of hydrogen-bond donors (Lipinski definition) is 1. The summed E-state index contributed by atoms with van der Waals surface area (Å²) in [6, 6.07) is 3.63. The Morgan fingerprint density at radius 1 is 1.24 bits per heavy atom. The fourth-order valence-electron chi connectivity index (χ4n) is 2.71. The molecule has 1 aromatic carbocycles. The highest BCUT2D eigenvalue weighted by molar-refractivity contribution is 5.18. The molecule has 3 heteroatoms. The molecule has 2 fully saturated rings. The molecule has 0 radical (unpaired) electrons. The van der Waals surface area contributed by atoms with Gasteiger partial charge in [-0.2, -0.15) is 0 Å². The van der Waals surface area contributed by atoms with Gasteiger partial charge in [-0.15, -0.1) is 0 Å². The van der Waals surface area contributed by atoms with E-state index in [1.807, 2.05) is 0 Å². The van der Waals surface area contributed by atoms with E-state index in [9.17, 15) is 8.78 Å². The molecule has 92 valence electrons. The Balaban J connectivity index is 1.55. The Labute approximate surface area is 100 Å². The molecule has 0 bridgehead atoms. The lowest BCUT2D eigenvalue weighted by Crippen LogP contribution is -2.25. The van der Waals surface area contributed by atoms with Crippen molar-refractivity contribution in [2.45, 2.75) is 32.2 Å².